The number of nitrogens with zero attached hydrogens (tertiary/aromatic N) is 1. The molecule has 0 spiro atoms. The van der Waals surface area contributed by atoms with Crippen LogP contribution in [0.4, 0.5) is 4.79 Å². The van der Waals surface area contributed by atoms with E-state index in [2.05, 4.69) is 0 Å². The monoisotopic (exact) mass is 199 g/mol. The third-order valence-electron chi connectivity index (χ3n) is 2.41. The number of carbonyl (C=O) groups is 2. The molecule has 0 bridgehead atoms. The molecule has 80 valence electrons. The highest BCUT2D eigenvalue weighted by Gasteiger charge is 2.28. The summed E-state index contributed by atoms with van der Waals surface area (Å²) in [4.78, 5) is 23.8. The van der Waals surface area contributed by atoms with Crippen LogP contribution in [0.2, 0.25) is 0 Å². The highest BCUT2D eigenvalue weighted by Crippen LogP contribution is 2.15. The van der Waals surface area contributed by atoms with E-state index in [4.69, 9.17) is 4.74 Å². The standard InChI is InChI=1S/C10H17NO3/c1-7(2)9(12)5-4-8-6-11(3)10(13)14-8/h7-8H,4-6H2,1-3H3. The van der Waals surface area contributed by atoms with Gasteiger partial charge in [-0.15, -0.1) is 0 Å². The summed E-state index contributed by atoms with van der Waals surface area (Å²) >= 11 is 0. The van der Waals surface area contributed by atoms with E-state index < -0.39 is 0 Å². The molecule has 1 unspecified atom stereocenters. The SMILES string of the molecule is CC(C)C(=O)CCC1CN(C)C(=O)O1. The van der Waals surface area contributed by atoms with Crippen LogP contribution in [0.1, 0.15) is 26.7 Å². The van der Waals surface area contributed by atoms with Crippen molar-refractivity contribution in [2.45, 2.75) is 32.8 Å². The Hall–Kier alpha value is -1.06. The van der Waals surface area contributed by atoms with Gasteiger partial charge < -0.3 is 9.64 Å². The van der Waals surface area contributed by atoms with Crippen molar-refractivity contribution in [1.82, 2.24) is 4.90 Å². The van der Waals surface area contributed by atoms with Gasteiger partial charge in [0.2, 0.25) is 0 Å². The quantitative estimate of drug-likeness (QED) is 0.688. The van der Waals surface area contributed by atoms with Gasteiger partial charge in [-0.3, -0.25) is 4.79 Å². The van der Waals surface area contributed by atoms with Crippen LogP contribution < -0.4 is 0 Å². The van der Waals surface area contributed by atoms with Crippen molar-refractivity contribution in [3.63, 3.8) is 0 Å². The molecule has 14 heavy (non-hydrogen) atoms. The molecule has 1 amide bonds. The lowest BCUT2D eigenvalue weighted by Crippen LogP contribution is -2.20. The normalized spacial score (nSPS) is 21.6. The first-order valence-electron chi connectivity index (χ1n) is 4.95. The number of hydrogen-bond donors (Lipinski definition) is 0. The third-order valence-corrected chi connectivity index (χ3v) is 2.41. The fourth-order valence-electron chi connectivity index (χ4n) is 1.39. The lowest BCUT2D eigenvalue weighted by atomic mass is 10.0. The van der Waals surface area contributed by atoms with Gasteiger partial charge in [0.1, 0.15) is 11.9 Å². The number of cyclic esters (lactones) is 1. The Morgan fingerprint density at radius 3 is 2.71 bits per heavy atom. The Balaban J connectivity index is 2.27. The molecule has 0 aromatic carbocycles. The first kappa shape index (κ1) is 11.0. The Labute approximate surface area is 84.2 Å². The molecule has 0 N–H and O–H groups in total. The maximum absolute atomic E-state index is 11.3. The summed E-state index contributed by atoms with van der Waals surface area (Å²) in [5, 5.41) is 0. The molecule has 1 fully saturated rings. The largest absolute Gasteiger partial charge is 0.444 e. The maximum Gasteiger partial charge on any atom is 0.409 e. The fraction of sp³-hybridized carbons (Fsp3) is 0.800. The van der Waals surface area contributed by atoms with Gasteiger partial charge in [0.25, 0.3) is 0 Å². The molecule has 4 nitrogen and oxygen atoms in total. The second-order valence-corrected chi connectivity index (χ2v) is 4.05. The summed E-state index contributed by atoms with van der Waals surface area (Å²) in [5.74, 6) is 0.306. The van der Waals surface area contributed by atoms with E-state index in [9.17, 15) is 9.59 Å². The van der Waals surface area contributed by atoms with E-state index in [1.54, 1.807) is 7.05 Å². The van der Waals surface area contributed by atoms with E-state index in [1.807, 2.05) is 13.8 Å². The first-order chi connectivity index (χ1) is 6.50. The summed E-state index contributed by atoms with van der Waals surface area (Å²) in [6.07, 6.45) is 0.762. The van der Waals surface area contributed by atoms with E-state index in [-0.39, 0.29) is 23.9 Å². The third kappa shape index (κ3) is 2.72. The van der Waals surface area contributed by atoms with Gasteiger partial charge in [-0.2, -0.15) is 0 Å². The minimum absolute atomic E-state index is 0.0739. The van der Waals surface area contributed by atoms with Crippen LogP contribution in [0, 0.1) is 5.92 Å². The molecule has 0 aromatic heterocycles. The molecule has 1 aliphatic heterocycles. The van der Waals surface area contributed by atoms with Gasteiger partial charge in [0.05, 0.1) is 6.54 Å². The van der Waals surface area contributed by atoms with Crippen molar-refractivity contribution in [3.05, 3.63) is 0 Å². The number of ether oxygens (including phenoxy) is 1. The molecule has 1 atom stereocenters. The first-order valence-corrected chi connectivity index (χ1v) is 4.95. The van der Waals surface area contributed by atoms with Crippen LogP contribution in [-0.4, -0.2) is 36.5 Å². The lowest BCUT2D eigenvalue weighted by molar-refractivity contribution is -0.122. The van der Waals surface area contributed by atoms with Crippen LogP contribution in [0.15, 0.2) is 0 Å². The second-order valence-electron chi connectivity index (χ2n) is 4.05. The maximum atomic E-state index is 11.3. The summed E-state index contributed by atoms with van der Waals surface area (Å²) in [5.41, 5.74) is 0. The summed E-state index contributed by atoms with van der Waals surface area (Å²) in [7, 11) is 1.70. The highest BCUT2D eigenvalue weighted by atomic mass is 16.6. The molecule has 1 saturated heterocycles. The molecule has 0 aliphatic carbocycles. The van der Waals surface area contributed by atoms with Gasteiger partial charge in [-0.1, -0.05) is 13.8 Å². The number of Topliss-reactive ketones (excluding diaryl/α,β-unsaturated/α-hetero) is 1. The van der Waals surface area contributed by atoms with Gasteiger partial charge in [-0.25, -0.2) is 4.79 Å². The lowest BCUT2D eigenvalue weighted by Gasteiger charge is -2.08. The van der Waals surface area contributed by atoms with E-state index in [1.165, 1.54) is 4.90 Å². The van der Waals surface area contributed by atoms with Gasteiger partial charge in [0.15, 0.2) is 0 Å². The molecule has 1 heterocycles. The van der Waals surface area contributed by atoms with E-state index >= 15 is 0 Å². The molecule has 0 aromatic rings. The van der Waals surface area contributed by atoms with Gasteiger partial charge in [0, 0.05) is 19.4 Å². The number of likely N-dealkylation sites (N-methyl/N-ethyl adjacent to an activating group) is 1. The zero-order valence-corrected chi connectivity index (χ0v) is 8.95. The fourth-order valence-corrected chi connectivity index (χ4v) is 1.39. The van der Waals surface area contributed by atoms with Crippen LogP contribution >= 0.6 is 0 Å². The van der Waals surface area contributed by atoms with Gasteiger partial charge >= 0.3 is 6.09 Å². The predicted octanol–water partition coefficient (Wildman–Crippen LogP) is 1.44. The highest BCUT2D eigenvalue weighted by molar-refractivity contribution is 5.80. The van der Waals surface area contributed by atoms with E-state index in [0.717, 1.165) is 0 Å². The number of rotatable bonds is 4. The van der Waals surface area contributed by atoms with Crippen molar-refractivity contribution < 1.29 is 14.3 Å². The van der Waals surface area contributed by atoms with Crippen LogP contribution in [-0.2, 0) is 9.53 Å². The zero-order valence-electron chi connectivity index (χ0n) is 8.95. The van der Waals surface area contributed by atoms with Crippen molar-refractivity contribution in [1.29, 1.82) is 0 Å². The summed E-state index contributed by atoms with van der Waals surface area (Å²) in [6.45, 7) is 4.37. The molecular weight excluding hydrogens is 182 g/mol. The van der Waals surface area contributed by atoms with Crippen molar-refractivity contribution in [3.8, 4) is 0 Å². The molecule has 0 saturated carbocycles. The molecule has 1 aliphatic rings. The Morgan fingerprint density at radius 2 is 2.29 bits per heavy atom. The second kappa shape index (κ2) is 4.44. The van der Waals surface area contributed by atoms with Crippen LogP contribution in [0.5, 0.6) is 0 Å². The Bertz CT molecular complexity index is 238. The van der Waals surface area contributed by atoms with Crippen molar-refractivity contribution in [2.75, 3.05) is 13.6 Å². The number of ketones is 1. The van der Waals surface area contributed by atoms with Crippen molar-refractivity contribution in [2.24, 2.45) is 5.92 Å². The summed E-state index contributed by atoms with van der Waals surface area (Å²) in [6, 6.07) is 0. The number of amides is 1. The van der Waals surface area contributed by atoms with Crippen LogP contribution in [0.3, 0.4) is 0 Å². The Morgan fingerprint density at radius 1 is 1.64 bits per heavy atom. The number of hydrogen-bond acceptors (Lipinski definition) is 3. The smallest absolute Gasteiger partial charge is 0.409 e. The van der Waals surface area contributed by atoms with Crippen molar-refractivity contribution >= 4 is 11.9 Å². The average molecular weight is 199 g/mol. The minimum atomic E-state index is -0.285. The minimum Gasteiger partial charge on any atom is -0.444 e. The topological polar surface area (TPSA) is 46.6 Å². The predicted molar refractivity (Wildman–Crippen MR) is 52.0 cm³/mol. The average Bonchev–Trinajstić information content (AvgIpc) is 2.42. The zero-order chi connectivity index (χ0) is 10.7. The molecule has 4 heteroatoms. The van der Waals surface area contributed by atoms with Gasteiger partial charge in [-0.05, 0) is 6.42 Å². The summed E-state index contributed by atoms with van der Waals surface area (Å²) < 4.78 is 5.04. The molecule has 0 radical (unpaired) electrons. The van der Waals surface area contributed by atoms with E-state index in [0.29, 0.717) is 19.4 Å². The van der Waals surface area contributed by atoms with Crippen LogP contribution in [0.25, 0.3) is 0 Å². The molecular formula is C10H17NO3. The Kier molecular flexibility index (Phi) is 3.49. The molecule has 1 rings (SSSR count). The number of carbonyl (C=O) groups excluding carboxylic acids is 2.